The van der Waals surface area contributed by atoms with Crippen LogP contribution in [0.25, 0.3) is 22.3 Å². The minimum atomic E-state index is -0.311. The number of hydrogen-bond acceptors (Lipinski definition) is 4. The molecule has 4 heteroatoms. The van der Waals surface area contributed by atoms with Crippen LogP contribution in [0.5, 0.6) is 23.0 Å². The molecule has 0 spiro atoms. The third-order valence-corrected chi connectivity index (χ3v) is 10.8. The number of benzene rings is 6. The van der Waals surface area contributed by atoms with Crippen molar-refractivity contribution < 1.29 is 20.4 Å². The molecule has 0 radical (unpaired) electrons. The van der Waals surface area contributed by atoms with Gasteiger partial charge in [-0.1, -0.05) is 130 Å². The molecule has 0 heterocycles. The number of phenols is 4. The molecule has 0 atom stereocenters. The normalized spacial score (nSPS) is 14.0. The lowest BCUT2D eigenvalue weighted by molar-refractivity contribution is 0.344. The number of phenolic OH excluding ortho intramolecular Hbond substituents is 4. The van der Waals surface area contributed by atoms with E-state index in [2.05, 4.69) is 50.2 Å². The third-order valence-electron chi connectivity index (χ3n) is 10.8. The minimum absolute atomic E-state index is 0.00910. The van der Waals surface area contributed by atoms with E-state index >= 15 is 0 Å². The van der Waals surface area contributed by atoms with Crippen molar-refractivity contribution >= 4 is 0 Å². The van der Waals surface area contributed by atoms with Gasteiger partial charge in [0.25, 0.3) is 0 Å². The second kappa shape index (κ2) is 14.8. The molecule has 1 fully saturated rings. The lowest BCUT2D eigenvalue weighted by atomic mass is 9.65. The van der Waals surface area contributed by atoms with Crippen LogP contribution >= 0.6 is 0 Å². The first-order chi connectivity index (χ1) is 24.5. The molecule has 6 aromatic rings. The van der Waals surface area contributed by atoms with Crippen LogP contribution in [0.1, 0.15) is 79.3 Å². The van der Waals surface area contributed by atoms with Crippen molar-refractivity contribution in [2.75, 3.05) is 0 Å². The summed E-state index contributed by atoms with van der Waals surface area (Å²) >= 11 is 0. The second-order valence-electron chi connectivity index (χ2n) is 14.5. The molecular weight excluding hydrogens is 629 g/mol. The van der Waals surface area contributed by atoms with Gasteiger partial charge in [0.05, 0.1) is 0 Å². The van der Waals surface area contributed by atoms with Gasteiger partial charge in [-0.3, -0.25) is 0 Å². The lowest BCUT2D eigenvalue weighted by Gasteiger charge is -2.39. The van der Waals surface area contributed by atoms with Crippen LogP contribution in [0.15, 0.2) is 133 Å². The zero-order valence-corrected chi connectivity index (χ0v) is 30.0. The van der Waals surface area contributed by atoms with E-state index in [9.17, 15) is 20.4 Å². The zero-order valence-electron chi connectivity index (χ0n) is 30.0. The molecule has 0 saturated heterocycles. The Kier molecular flexibility index (Phi) is 10.2. The average molecular weight is 677 g/mol. The molecule has 0 aliphatic heterocycles. The van der Waals surface area contributed by atoms with E-state index in [1.807, 2.05) is 98.8 Å². The van der Waals surface area contributed by atoms with Crippen molar-refractivity contribution in [1.82, 2.24) is 0 Å². The van der Waals surface area contributed by atoms with E-state index in [0.717, 1.165) is 57.3 Å². The summed E-state index contributed by atoms with van der Waals surface area (Å²) in [6.07, 6.45) is 5.98. The van der Waals surface area contributed by atoms with Crippen molar-refractivity contribution in [3.63, 3.8) is 0 Å². The van der Waals surface area contributed by atoms with Crippen molar-refractivity contribution in [2.24, 2.45) is 0 Å². The Morgan fingerprint density at radius 3 is 1.24 bits per heavy atom. The molecule has 0 amide bonds. The highest BCUT2D eigenvalue weighted by Crippen LogP contribution is 2.46. The highest BCUT2D eigenvalue weighted by Gasteiger charge is 2.36. The van der Waals surface area contributed by atoms with Gasteiger partial charge in [0.1, 0.15) is 23.0 Å². The van der Waals surface area contributed by atoms with E-state index in [1.54, 1.807) is 12.1 Å². The topological polar surface area (TPSA) is 80.9 Å². The Balaban J connectivity index is 0.000000183. The average Bonchev–Trinajstić information content (AvgIpc) is 3.15. The van der Waals surface area contributed by atoms with Crippen molar-refractivity contribution in [2.45, 2.75) is 70.6 Å². The number of aryl methyl sites for hydroxylation is 2. The number of aromatic hydroxyl groups is 4. The first-order valence-corrected chi connectivity index (χ1v) is 17.9. The first-order valence-electron chi connectivity index (χ1n) is 17.9. The number of rotatable bonds is 6. The molecule has 7 rings (SSSR count). The largest absolute Gasteiger partial charge is 0.508 e. The summed E-state index contributed by atoms with van der Waals surface area (Å²) in [5.74, 6) is 1.26. The van der Waals surface area contributed by atoms with Gasteiger partial charge >= 0.3 is 0 Å². The predicted octanol–water partition coefficient (Wildman–Crippen LogP) is 11.7. The summed E-state index contributed by atoms with van der Waals surface area (Å²) in [4.78, 5) is 0. The van der Waals surface area contributed by atoms with Gasteiger partial charge < -0.3 is 20.4 Å². The van der Waals surface area contributed by atoms with Crippen LogP contribution in [0.4, 0.5) is 0 Å². The van der Waals surface area contributed by atoms with Gasteiger partial charge in [-0.25, -0.2) is 0 Å². The van der Waals surface area contributed by atoms with Crippen molar-refractivity contribution in [1.29, 1.82) is 0 Å². The fourth-order valence-corrected chi connectivity index (χ4v) is 7.52. The standard InChI is InChI=1S/C27H24O2.C20H24O2/c1-27(2,21-13-15-25(28)23(17-21)19-9-5-3-6-10-19)22-14-16-26(29)24(18-22)20-11-7-4-8-12-20;1-14-12-16(6-8-18(14)21)20(10-4-3-5-11-20)17-7-9-19(22)15(2)13-17/h3-18,28-29H,1-2H3;6-9,12-13,21-22H,3-5,10-11H2,1-2H3. The summed E-state index contributed by atoms with van der Waals surface area (Å²) in [7, 11) is 0. The SMILES string of the molecule is CC(C)(c1ccc(O)c(-c2ccccc2)c1)c1ccc(O)c(-c2ccccc2)c1.Cc1cc(C2(c3ccc(O)c(C)c3)CCCCC2)ccc1O. The maximum atomic E-state index is 10.4. The van der Waals surface area contributed by atoms with Gasteiger partial charge in [-0.2, -0.15) is 0 Å². The Morgan fingerprint density at radius 2 is 0.843 bits per heavy atom. The van der Waals surface area contributed by atoms with Crippen LogP contribution in [0.2, 0.25) is 0 Å². The quantitative estimate of drug-likeness (QED) is 0.142. The summed E-state index contributed by atoms with van der Waals surface area (Å²) in [5, 5.41) is 40.5. The Bertz CT molecular complexity index is 1960. The second-order valence-corrected chi connectivity index (χ2v) is 14.5. The van der Waals surface area contributed by atoms with Crippen LogP contribution in [-0.2, 0) is 10.8 Å². The third kappa shape index (κ3) is 7.37. The van der Waals surface area contributed by atoms with Gasteiger partial charge in [0.2, 0.25) is 0 Å². The number of hydrogen-bond donors (Lipinski definition) is 4. The van der Waals surface area contributed by atoms with E-state index in [-0.39, 0.29) is 22.3 Å². The van der Waals surface area contributed by atoms with Crippen molar-refractivity contribution in [3.05, 3.63) is 167 Å². The highest BCUT2D eigenvalue weighted by atomic mass is 16.3. The molecule has 1 aliphatic rings. The smallest absolute Gasteiger partial charge is 0.123 e. The van der Waals surface area contributed by atoms with Crippen LogP contribution in [-0.4, -0.2) is 20.4 Å². The van der Waals surface area contributed by atoms with Gasteiger partial charge in [-0.05, 0) is 108 Å². The summed E-state index contributed by atoms with van der Waals surface area (Å²) in [5.41, 5.74) is 9.92. The molecule has 4 N–H and O–H groups in total. The molecule has 0 unspecified atom stereocenters. The minimum Gasteiger partial charge on any atom is -0.508 e. The first kappa shape index (κ1) is 35.3. The molecule has 6 aromatic carbocycles. The zero-order chi connectivity index (χ0) is 36.2. The summed E-state index contributed by atoms with van der Waals surface area (Å²) in [6.45, 7) is 8.24. The van der Waals surface area contributed by atoms with Gasteiger partial charge in [0.15, 0.2) is 0 Å². The van der Waals surface area contributed by atoms with Crippen LogP contribution in [0.3, 0.4) is 0 Å². The Morgan fingerprint density at radius 1 is 0.451 bits per heavy atom. The van der Waals surface area contributed by atoms with E-state index in [1.165, 1.54) is 30.4 Å². The highest BCUT2D eigenvalue weighted by molar-refractivity contribution is 5.73. The van der Waals surface area contributed by atoms with Gasteiger partial charge in [0, 0.05) is 22.0 Å². The molecule has 260 valence electrons. The molecule has 0 aromatic heterocycles. The van der Waals surface area contributed by atoms with Gasteiger partial charge in [-0.15, -0.1) is 0 Å². The molecule has 0 bridgehead atoms. The monoisotopic (exact) mass is 676 g/mol. The molecule has 51 heavy (non-hydrogen) atoms. The van der Waals surface area contributed by atoms with Crippen LogP contribution < -0.4 is 0 Å². The summed E-state index contributed by atoms with van der Waals surface area (Å²) < 4.78 is 0. The maximum Gasteiger partial charge on any atom is 0.123 e. The lowest BCUT2D eigenvalue weighted by Crippen LogP contribution is -2.30. The summed E-state index contributed by atoms with van der Waals surface area (Å²) in [6, 6.07) is 43.4. The molecule has 4 nitrogen and oxygen atoms in total. The maximum absolute atomic E-state index is 10.4. The van der Waals surface area contributed by atoms with E-state index in [0.29, 0.717) is 11.5 Å². The van der Waals surface area contributed by atoms with Crippen molar-refractivity contribution in [3.8, 4) is 45.3 Å². The van der Waals surface area contributed by atoms with E-state index in [4.69, 9.17) is 0 Å². The molecule has 1 aliphatic carbocycles. The molecular formula is C47H48O4. The molecule has 1 saturated carbocycles. The van der Waals surface area contributed by atoms with Crippen LogP contribution in [0, 0.1) is 13.8 Å². The fraction of sp³-hybridized carbons (Fsp3) is 0.234. The van der Waals surface area contributed by atoms with E-state index < -0.39 is 0 Å². The Labute approximate surface area is 302 Å². The fourth-order valence-electron chi connectivity index (χ4n) is 7.52. The Hall–Kier alpha value is -5.48. The predicted molar refractivity (Wildman–Crippen MR) is 209 cm³/mol.